The van der Waals surface area contributed by atoms with Gasteiger partial charge in [0, 0.05) is 33.2 Å². The molecule has 2 aliphatic rings. The third kappa shape index (κ3) is 5.94. The molecule has 0 radical (unpaired) electrons. The van der Waals surface area contributed by atoms with Gasteiger partial charge in [-0.1, -0.05) is 132 Å². The van der Waals surface area contributed by atoms with Crippen molar-refractivity contribution in [3.63, 3.8) is 0 Å². The lowest BCUT2D eigenvalue weighted by Gasteiger charge is -2.42. The molecule has 1 saturated carbocycles. The lowest BCUT2D eigenvalue weighted by atomic mass is 9.63. The van der Waals surface area contributed by atoms with Crippen molar-refractivity contribution in [3.8, 4) is 39.9 Å². The van der Waals surface area contributed by atoms with Gasteiger partial charge in [-0.15, -0.1) is 0 Å². The summed E-state index contributed by atoms with van der Waals surface area (Å²) in [6.07, 6.45) is 8.88. The Labute approximate surface area is 324 Å². The molecule has 2 aromatic heterocycles. The molecule has 6 aromatic carbocycles. The predicted octanol–water partition coefficient (Wildman–Crippen LogP) is 13.5. The fraction of sp³-hybridized carbons (Fsp3) is 0.275. The summed E-state index contributed by atoms with van der Waals surface area (Å²) in [7, 11) is 0. The standard InChI is InChI=1S/C51H48N4/c1-50(2)26-27-51(3,4)44-32-46-42(31-43(44)50)41-20-11-12-21-45(41)55(46)40-25-24-36-29-39(23-22-37(36)30-40)49-53-47(34-16-9-6-10-17-34)52-48(54-49)38-19-13-18-35(28-38)33-14-7-5-8-15-33/h6,9-13,16-25,28-33H,5,7-8,14-15,26-27H2,1-4H3. The van der Waals surface area contributed by atoms with Crippen molar-refractivity contribution in [2.24, 2.45) is 0 Å². The first-order valence-electron chi connectivity index (χ1n) is 20.3. The van der Waals surface area contributed by atoms with Crippen LogP contribution in [0.1, 0.15) is 95.2 Å². The predicted molar refractivity (Wildman–Crippen MR) is 229 cm³/mol. The zero-order chi connectivity index (χ0) is 37.3. The molecule has 0 spiro atoms. The number of benzene rings is 6. The van der Waals surface area contributed by atoms with Crippen LogP contribution in [0, 0.1) is 0 Å². The van der Waals surface area contributed by atoms with Crippen molar-refractivity contribution < 1.29 is 0 Å². The maximum absolute atomic E-state index is 5.15. The summed E-state index contributed by atoms with van der Waals surface area (Å²) >= 11 is 0. The van der Waals surface area contributed by atoms with E-state index < -0.39 is 0 Å². The number of hydrogen-bond acceptors (Lipinski definition) is 3. The van der Waals surface area contributed by atoms with Gasteiger partial charge in [0.15, 0.2) is 17.5 Å². The largest absolute Gasteiger partial charge is 0.309 e. The second-order valence-corrected chi connectivity index (χ2v) is 17.4. The number of rotatable bonds is 5. The Hall–Kier alpha value is -5.61. The first-order valence-corrected chi connectivity index (χ1v) is 20.3. The normalized spacial score (nSPS) is 16.8. The van der Waals surface area contributed by atoms with Gasteiger partial charge in [0.1, 0.15) is 0 Å². The van der Waals surface area contributed by atoms with Crippen molar-refractivity contribution in [1.29, 1.82) is 0 Å². The lowest BCUT2D eigenvalue weighted by Crippen LogP contribution is -2.33. The molecule has 2 aliphatic carbocycles. The van der Waals surface area contributed by atoms with Crippen LogP contribution in [0.4, 0.5) is 0 Å². The Morgan fingerprint density at radius 2 is 1.11 bits per heavy atom. The molecule has 0 saturated heterocycles. The number of para-hydroxylation sites is 1. The molecule has 0 atom stereocenters. The highest BCUT2D eigenvalue weighted by atomic mass is 15.0. The van der Waals surface area contributed by atoms with Crippen molar-refractivity contribution in [2.45, 2.75) is 89.4 Å². The molecule has 2 heterocycles. The van der Waals surface area contributed by atoms with E-state index in [-0.39, 0.29) is 10.8 Å². The van der Waals surface area contributed by atoms with Gasteiger partial charge in [0.05, 0.1) is 11.0 Å². The van der Waals surface area contributed by atoms with Gasteiger partial charge >= 0.3 is 0 Å². The van der Waals surface area contributed by atoms with Crippen LogP contribution < -0.4 is 0 Å². The van der Waals surface area contributed by atoms with E-state index in [1.54, 1.807) is 0 Å². The lowest BCUT2D eigenvalue weighted by molar-refractivity contribution is 0.332. The molecular weight excluding hydrogens is 669 g/mol. The van der Waals surface area contributed by atoms with Gasteiger partial charge < -0.3 is 4.57 Å². The van der Waals surface area contributed by atoms with E-state index in [2.05, 4.69) is 141 Å². The molecule has 272 valence electrons. The fourth-order valence-corrected chi connectivity index (χ4v) is 9.54. The summed E-state index contributed by atoms with van der Waals surface area (Å²) < 4.78 is 2.47. The topological polar surface area (TPSA) is 43.6 Å². The summed E-state index contributed by atoms with van der Waals surface area (Å²) in [5, 5.41) is 4.98. The average molecular weight is 717 g/mol. The minimum Gasteiger partial charge on any atom is -0.309 e. The molecule has 0 amide bonds. The molecule has 10 rings (SSSR count). The Bertz CT molecular complexity index is 2750. The van der Waals surface area contributed by atoms with E-state index in [0.29, 0.717) is 17.6 Å². The van der Waals surface area contributed by atoms with E-state index >= 15 is 0 Å². The maximum Gasteiger partial charge on any atom is 0.164 e. The second kappa shape index (κ2) is 13.0. The SMILES string of the molecule is CC1(C)CCC(C)(C)c2cc3c(cc21)c1ccccc1n3-c1ccc2cc(-c3nc(-c4ccccc4)nc(-c4cccc(C5CCCCC5)c4)n3)ccc2c1. The summed E-state index contributed by atoms with van der Waals surface area (Å²) in [6, 6.07) is 46.6. The van der Waals surface area contributed by atoms with Crippen LogP contribution in [0.15, 0.2) is 127 Å². The summed E-state index contributed by atoms with van der Waals surface area (Å²) in [6.45, 7) is 9.67. The third-order valence-electron chi connectivity index (χ3n) is 12.9. The number of nitrogens with zero attached hydrogens (tertiary/aromatic N) is 4. The fourth-order valence-electron chi connectivity index (χ4n) is 9.54. The molecule has 8 aromatic rings. The van der Waals surface area contributed by atoms with Crippen molar-refractivity contribution in [1.82, 2.24) is 19.5 Å². The van der Waals surface area contributed by atoms with Gasteiger partial charge in [0.25, 0.3) is 0 Å². The zero-order valence-corrected chi connectivity index (χ0v) is 32.4. The van der Waals surface area contributed by atoms with Gasteiger partial charge in [-0.3, -0.25) is 0 Å². The zero-order valence-electron chi connectivity index (χ0n) is 32.4. The highest BCUT2D eigenvalue weighted by Gasteiger charge is 2.38. The van der Waals surface area contributed by atoms with Crippen LogP contribution in [-0.2, 0) is 10.8 Å². The molecule has 4 nitrogen and oxygen atoms in total. The average Bonchev–Trinajstić information content (AvgIpc) is 3.56. The molecule has 1 fully saturated rings. The van der Waals surface area contributed by atoms with Crippen LogP contribution in [0.3, 0.4) is 0 Å². The van der Waals surface area contributed by atoms with Crippen LogP contribution in [-0.4, -0.2) is 19.5 Å². The van der Waals surface area contributed by atoms with Crippen LogP contribution in [0.2, 0.25) is 0 Å². The van der Waals surface area contributed by atoms with E-state index in [1.807, 2.05) is 18.2 Å². The molecule has 0 aliphatic heterocycles. The Kier molecular flexibility index (Phi) is 8.02. The highest BCUT2D eigenvalue weighted by Crippen LogP contribution is 2.48. The molecule has 0 unspecified atom stereocenters. The summed E-state index contributed by atoms with van der Waals surface area (Å²) in [5.74, 6) is 2.72. The van der Waals surface area contributed by atoms with E-state index in [0.717, 1.165) is 27.9 Å². The molecule has 0 N–H and O–H groups in total. The minimum absolute atomic E-state index is 0.133. The van der Waals surface area contributed by atoms with Crippen LogP contribution in [0.5, 0.6) is 0 Å². The first kappa shape index (κ1) is 33.9. The number of aromatic nitrogens is 4. The van der Waals surface area contributed by atoms with Gasteiger partial charge in [-0.05, 0) is 112 Å². The quantitative estimate of drug-likeness (QED) is 0.178. The molecule has 55 heavy (non-hydrogen) atoms. The molecular formula is C51H48N4. The first-order chi connectivity index (χ1) is 26.7. The number of fused-ring (bicyclic) bond motifs is 5. The maximum atomic E-state index is 5.15. The third-order valence-corrected chi connectivity index (χ3v) is 12.9. The van der Waals surface area contributed by atoms with E-state index in [9.17, 15) is 0 Å². The smallest absolute Gasteiger partial charge is 0.164 e. The number of hydrogen-bond donors (Lipinski definition) is 0. The summed E-state index contributed by atoms with van der Waals surface area (Å²) in [4.78, 5) is 15.3. The monoisotopic (exact) mass is 716 g/mol. The second-order valence-electron chi connectivity index (χ2n) is 17.4. The van der Waals surface area contributed by atoms with Gasteiger partial charge in [0.2, 0.25) is 0 Å². The Balaban J connectivity index is 1.08. The van der Waals surface area contributed by atoms with Gasteiger partial charge in [-0.25, -0.2) is 15.0 Å². The Morgan fingerprint density at radius 3 is 1.87 bits per heavy atom. The van der Waals surface area contributed by atoms with Crippen LogP contribution in [0.25, 0.3) is 72.4 Å². The minimum atomic E-state index is 0.133. The van der Waals surface area contributed by atoms with Crippen LogP contribution >= 0.6 is 0 Å². The van der Waals surface area contributed by atoms with Crippen molar-refractivity contribution in [2.75, 3.05) is 0 Å². The van der Waals surface area contributed by atoms with Gasteiger partial charge in [-0.2, -0.15) is 0 Å². The molecule has 0 bridgehead atoms. The van der Waals surface area contributed by atoms with E-state index in [4.69, 9.17) is 15.0 Å². The van der Waals surface area contributed by atoms with Crippen molar-refractivity contribution >= 4 is 32.6 Å². The molecule has 4 heteroatoms. The van der Waals surface area contributed by atoms with E-state index in [1.165, 1.54) is 94.5 Å². The summed E-state index contributed by atoms with van der Waals surface area (Å²) in [5.41, 5.74) is 11.4. The van der Waals surface area contributed by atoms with Crippen molar-refractivity contribution in [3.05, 3.63) is 144 Å². The highest BCUT2D eigenvalue weighted by molar-refractivity contribution is 6.10. The Morgan fingerprint density at radius 1 is 0.491 bits per heavy atom.